The predicted octanol–water partition coefficient (Wildman–Crippen LogP) is 6.14. The standard InChI is InChI=1S/C30H34N2O3S2/c1-29(2,3)35-28(34)32-22-36-21-26(32)27(33)31-19-20-37-30(23-13-7-4-8-14-23,24-15-9-5-10-16-24)25-17-11-6-12-18-25/h4-18,26H,19-22H2,1-3H3,(H,31,33)/t26-/m0/s1. The highest BCUT2D eigenvalue weighted by atomic mass is 32.2. The number of hydrogen-bond acceptors (Lipinski definition) is 5. The lowest BCUT2D eigenvalue weighted by atomic mass is 9.84. The average molecular weight is 535 g/mol. The molecule has 1 N–H and O–H groups in total. The zero-order valence-electron chi connectivity index (χ0n) is 21.6. The van der Waals surface area contributed by atoms with Crippen molar-refractivity contribution in [2.45, 2.75) is 37.2 Å². The Morgan fingerprint density at radius 1 is 0.892 bits per heavy atom. The van der Waals surface area contributed by atoms with E-state index in [9.17, 15) is 9.59 Å². The second kappa shape index (κ2) is 12.1. The zero-order valence-corrected chi connectivity index (χ0v) is 23.2. The van der Waals surface area contributed by atoms with Gasteiger partial charge in [-0.3, -0.25) is 9.69 Å². The van der Waals surface area contributed by atoms with Crippen molar-refractivity contribution in [1.82, 2.24) is 10.2 Å². The molecule has 37 heavy (non-hydrogen) atoms. The lowest BCUT2D eigenvalue weighted by Crippen LogP contribution is -2.49. The summed E-state index contributed by atoms with van der Waals surface area (Å²) in [7, 11) is 0. The molecule has 0 saturated carbocycles. The van der Waals surface area contributed by atoms with Gasteiger partial charge < -0.3 is 10.1 Å². The molecular formula is C30H34N2O3S2. The third-order valence-electron chi connectivity index (χ3n) is 6.07. The highest BCUT2D eigenvalue weighted by Gasteiger charge is 2.38. The van der Waals surface area contributed by atoms with Crippen molar-refractivity contribution in [3.8, 4) is 0 Å². The van der Waals surface area contributed by atoms with Crippen LogP contribution >= 0.6 is 23.5 Å². The molecule has 1 fully saturated rings. The van der Waals surface area contributed by atoms with Gasteiger partial charge in [0.2, 0.25) is 5.91 Å². The molecule has 194 valence electrons. The van der Waals surface area contributed by atoms with Crippen LogP contribution in [-0.2, 0) is 14.3 Å². The van der Waals surface area contributed by atoms with Gasteiger partial charge in [-0.05, 0) is 37.5 Å². The fourth-order valence-corrected chi connectivity index (χ4v) is 6.99. The molecule has 3 aromatic rings. The second-order valence-electron chi connectivity index (χ2n) is 9.88. The molecule has 7 heteroatoms. The monoisotopic (exact) mass is 534 g/mol. The third kappa shape index (κ3) is 6.51. The number of amides is 2. The van der Waals surface area contributed by atoms with Gasteiger partial charge in [-0.1, -0.05) is 91.0 Å². The minimum absolute atomic E-state index is 0.138. The van der Waals surface area contributed by atoms with E-state index in [1.54, 1.807) is 23.5 Å². The number of nitrogens with zero attached hydrogens (tertiary/aromatic N) is 1. The molecule has 0 spiro atoms. The number of rotatable bonds is 8. The number of ether oxygens (including phenoxy) is 1. The lowest BCUT2D eigenvalue weighted by Gasteiger charge is -2.35. The summed E-state index contributed by atoms with van der Waals surface area (Å²) in [6, 6.07) is 31.0. The first kappa shape index (κ1) is 27.1. The molecule has 3 aromatic carbocycles. The largest absolute Gasteiger partial charge is 0.444 e. The lowest BCUT2D eigenvalue weighted by molar-refractivity contribution is -0.124. The molecule has 5 nitrogen and oxygen atoms in total. The zero-order chi connectivity index (χ0) is 26.3. The summed E-state index contributed by atoms with van der Waals surface area (Å²) in [5, 5.41) is 3.08. The number of thioether (sulfide) groups is 2. The molecule has 0 bridgehead atoms. The number of hydrogen-bond donors (Lipinski definition) is 1. The quantitative estimate of drug-likeness (QED) is 0.278. The Bertz CT molecular complexity index is 1070. The summed E-state index contributed by atoms with van der Waals surface area (Å²) in [4.78, 5) is 27.2. The SMILES string of the molecule is CC(C)(C)OC(=O)N1CSC[C@H]1C(=O)NCCSC(c1ccccc1)(c1ccccc1)c1ccccc1. The number of carbonyl (C=O) groups excluding carboxylic acids is 2. The summed E-state index contributed by atoms with van der Waals surface area (Å²) in [5.74, 6) is 1.58. The van der Waals surface area contributed by atoms with Crippen LogP contribution in [0.25, 0.3) is 0 Å². The third-order valence-corrected chi connectivity index (χ3v) is 8.63. The highest BCUT2D eigenvalue weighted by Crippen LogP contribution is 2.48. The molecule has 4 rings (SSSR count). The maximum atomic E-state index is 13.1. The molecule has 1 aliphatic rings. The van der Waals surface area contributed by atoms with E-state index in [-0.39, 0.29) is 5.91 Å². The van der Waals surface area contributed by atoms with E-state index in [0.717, 1.165) is 0 Å². The highest BCUT2D eigenvalue weighted by molar-refractivity contribution is 8.00. The molecule has 1 heterocycles. The van der Waals surface area contributed by atoms with Gasteiger partial charge in [0.05, 0.1) is 10.6 Å². The minimum atomic E-state index is -0.600. The van der Waals surface area contributed by atoms with Gasteiger partial charge in [0, 0.05) is 18.1 Å². The van der Waals surface area contributed by atoms with E-state index in [1.165, 1.54) is 21.6 Å². The van der Waals surface area contributed by atoms with Gasteiger partial charge in [0.1, 0.15) is 11.6 Å². The van der Waals surface area contributed by atoms with Crippen LogP contribution in [0.5, 0.6) is 0 Å². The van der Waals surface area contributed by atoms with Crippen molar-refractivity contribution >= 4 is 35.5 Å². The van der Waals surface area contributed by atoms with Crippen molar-refractivity contribution in [1.29, 1.82) is 0 Å². The fraction of sp³-hybridized carbons (Fsp3) is 0.333. The molecule has 0 aliphatic carbocycles. The summed E-state index contributed by atoms with van der Waals surface area (Å²) in [5.41, 5.74) is 2.96. The molecule has 1 saturated heterocycles. The van der Waals surface area contributed by atoms with Gasteiger partial charge in [-0.2, -0.15) is 0 Å². The first-order valence-electron chi connectivity index (χ1n) is 12.5. The van der Waals surface area contributed by atoms with Crippen LogP contribution in [0.4, 0.5) is 4.79 Å². The Kier molecular flexibility index (Phi) is 8.87. The molecule has 0 aromatic heterocycles. The van der Waals surface area contributed by atoms with Crippen molar-refractivity contribution in [3.63, 3.8) is 0 Å². The topological polar surface area (TPSA) is 58.6 Å². The first-order valence-corrected chi connectivity index (χ1v) is 14.6. The maximum Gasteiger partial charge on any atom is 0.411 e. The van der Waals surface area contributed by atoms with E-state index >= 15 is 0 Å². The maximum absolute atomic E-state index is 13.1. The number of nitrogens with one attached hydrogen (secondary N) is 1. The van der Waals surface area contributed by atoms with E-state index in [1.807, 2.05) is 39.0 Å². The van der Waals surface area contributed by atoms with E-state index in [4.69, 9.17) is 4.74 Å². The molecule has 0 unspecified atom stereocenters. The molecule has 2 amide bonds. The van der Waals surface area contributed by atoms with Gasteiger partial charge in [-0.25, -0.2) is 4.79 Å². The van der Waals surface area contributed by atoms with Crippen molar-refractivity contribution < 1.29 is 14.3 Å². The number of benzene rings is 3. The Balaban J connectivity index is 1.51. The van der Waals surface area contributed by atoms with Crippen LogP contribution in [0.2, 0.25) is 0 Å². The van der Waals surface area contributed by atoms with Gasteiger partial charge >= 0.3 is 6.09 Å². The Morgan fingerprint density at radius 2 is 1.38 bits per heavy atom. The second-order valence-corrected chi connectivity index (χ2v) is 12.2. The Hall–Kier alpha value is -2.90. The average Bonchev–Trinajstić information content (AvgIpc) is 3.40. The van der Waals surface area contributed by atoms with Crippen LogP contribution in [0, 0.1) is 0 Å². The summed E-state index contributed by atoms with van der Waals surface area (Å²) in [6.07, 6.45) is -0.441. The Labute approximate surface area is 228 Å². The molecule has 0 radical (unpaired) electrons. The van der Waals surface area contributed by atoms with Gasteiger partial charge in [-0.15, -0.1) is 23.5 Å². The van der Waals surface area contributed by atoms with E-state index in [0.29, 0.717) is 23.9 Å². The molecule has 1 atom stereocenters. The Morgan fingerprint density at radius 3 is 1.84 bits per heavy atom. The first-order chi connectivity index (χ1) is 17.8. The summed E-state index contributed by atoms with van der Waals surface area (Å²) < 4.78 is 5.08. The number of carbonyl (C=O) groups is 2. The van der Waals surface area contributed by atoms with Crippen LogP contribution in [0.3, 0.4) is 0 Å². The fourth-order valence-electron chi connectivity index (χ4n) is 4.43. The summed E-state index contributed by atoms with van der Waals surface area (Å²) >= 11 is 3.37. The van der Waals surface area contributed by atoms with Gasteiger partial charge in [0.15, 0.2) is 0 Å². The predicted molar refractivity (Wildman–Crippen MR) is 154 cm³/mol. The van der Waals surface area contributed by atoms with Crippen LogP contribution in [-0.4, -0.2) is 52.5 Å². The summed E-state index contributed by atoms with van der Waals surface area (Å²) in [6.45, 7) is 5.98. The van der Waals surface area contributed by atoms with Crippen molar-refractivity contribution in [2.75, 3.05) is 23.9 Å². The van der Waals surface area contributed by atoms with Crippen molar-refractivity contribution in [3.05, 3.63) is 108 Å². The van der Waals surface area contributed by atoms with Crippen molar-refractivity contribution in [2.24, 2.45) is 0 Å². The minimum Gasteiger partial charge on any atom is -0.444 e. The normalized spacial score (nSPS) is 15.9. The van der Waals surface area contributed by atoms with Crippen LogP contribution in [0.1, 0.15) is 37.5 Å². The van der Waals surface area contributed by atoms with Crippen LogP contribution in [0.15, 0.2) is 91.0 Å². The van der Waals surface area contributed by atoms with E-state index < -0.39 is 22.5 Å². The smallest absolute Gasteiger partial charge is 0.411 e. The molecule has 1 aliphatic heterocycles. The van der Waals surface area contributed by atoms with E-state index in [2.05, 4.69) is 78.1 Å². The van der Waals surface area contributed by atoms with Gasteiger partial charge in [0.25, 0.3) is 0 Å². The van der Waals surface area contributed by atoms with Crippen LogP contribution < -0.4 is 5.32 Å². The molecular weight excluding hydrogens is 500 g/mol.